The van der Waals surface area contributed by atoms with Gasteiger partial charge in [0.25, 0.3) is 0 Å². The van der Waals surface area contributed by atoms with Crippen molar-refractivity contribution >= 4 is 0 Å². The highest BCUT2D eigenvalue weighted by atomic mass is 15.3. The van der Waals surface area contributed by atoms with Gasteiger partial charge in [-0.2, -0.15) is 5.10 Å². The second kappa shape index (κ2) is 6.18. The monoisotopic (exact) mass is 272 g/mol. The van der Waals surface area contributed by atoms with Gasteiger partial charge in [-0.25, -0.2) is 0 Å². The van der Waals surface area contributed by atoms with E-state index in [0.29, 0.717) is 12.0 Å². The van der Waals surface area contributed by atoms with E-state index in [9.17, 15) is 0 Å². The predicted octanol–water partition coefficient (Wildman–Crippen LogP) is 3.10. The highest BCUT2D eigenvalue weighted by Gasteiger charge is 2.13. The van der Waals surface area contributed by atoms with Crippen molar-refractivity contribution in [2.45, 2.75) is 46.2 Å². The molecule has 1 N–H and O–H groups in total. The molecule has 2 heterocycles. The molecule has 0 fully saturated rings. The van der Waals surface area contributed by atoms with Crippen molar-refractivity contribution in [2.24, 2.45) is 7.05 Å². The molecular formula is C16H24N4. The lowest BCUT2D eigenvalue weighted by Crippen LogP contribution is -2.21. The molecule has 0 aliphatic heterocycles. The van der Waals surface area contributed by atoms with E-state index in [1.54, 1.807) is 0 Å². The molecule has 0 amide bonds. The zero-order valence-electron chi connectivity index (χ0n) is 13.0. The second-order valence-corrected chi connectivity index (χ2v) is 5.87. The van der Waals surface area contributed by atoms with Gasteiger partial charge in [-0.15, -0.1) is 0 Å². The van der Waals surface area contributed by atoms with Crippen LogP contribution in [0.5, 0.6) is 0 Å². The Labute approximate surface area is 121 Å². The summed E-state index contributed by atoms with van der Waals surface area (Å²) in [5.41, 5.74) is 4.66. The standard InChI is InChI=1S/C16H24N4/c1-11(2)16-15(10-20(5)19-16)14-6-13(7-17-9-14)8-18-12(3)4/h6-7,9-12,18H,8H2,1-5H3. The molecule has 0 atom stereocenters. The van der Waals surface area contributed by atoms with E-state index >= 15 is 0 Å². The van der Waals surface area contributed by atoms with Gasteiger partial charge in [-0.1, -0.05) is 27.7 Å². The maximum atomic E-state index is 4.56. The van der Waals surface area contributed by atoms with E-state index in [2.05, 4.69) is 55.4 Å². The lowest BCUT2D eigenvalue weighted by Gasteiger charge is -2.09. The van der Waals surface area contributed by atoms with Gasteiger partial charge >= 0.3 is 0 Å². The van der Waals surface area contributed by atoms with Gasteiger partial charge < -0.3 is 5.32 Å². The molecule has 2 rings (SSSR count). The zero-order chi connectivity index (χ0) is 14.7. The van der Waals surface area contributed by atoms with Crippen LogP contribution in [0, 0.1) is 0 Å². The largest absolute Gasteiger partial charge is 0.310 e. The molecule has 0 saturated heterocycles. The molecule has 4 nitrogen and oxygen atoms in total. The Balaban J connectivity index is 2.31. The van der Waals surface area contributed by atoms with Crippen LogP contribution in [0.15, 0.2) is 24.7 Å². The number of nitrogens with one attached hydrogen (secondary N) is 1. The molecule has 2 aromatic heterocycles. The minimum atomic E-state index is 0.406. The first-order chi connectivity index (χ1) is 9.47. The van der Waals surface area contributed by atoms with Gasteiger partial charge in [0, 0.05) is 49.4 Å². The minimum absolute atomic E-state index is 0.406. The molecular weight excluding hydrogens is 248 g/mol. The summed E-state index contributed by atoms with van der Waals surface area (Å²) in [4.78, 5) is 4.37. The number of rotatable bonds is 5. The average molecular weight is 272 g/mol. The van der Waals surface area contributed by atoms with Crippen LogP contribution in [0.25, 0.3) is 11.1 Å². The highest BCUT2D eigenvalue weighted by molar-refractivity contribution is 5.65. The quantitative estimate of drug-likeness (QED) is 0.909. The summed E-state index contributed by atoms with van der Waals surface area (Å²) in [6.45, 7) is 9.48. The fraction of sp³-hybridized carbons (Fsp3) is 0.500. The maximum absolute atomic E-state index is 4.56. The first-order valence-electron chi connectivity index (χ1n) is 7.18. The van der Waals surface area contributed by atoms with Gasteiger partial charge in [0.1, 0.15) is 0 Å². The number of aromatic nitrogens is 3. The Morgan fingerprint density at radius 2 is 1.95 bits per heavy atom. The molecule has 4 heteroatoms. The minimum Gasteiger partial charge on any atom is -0.310 e. The highest BCUT2D eigenvalue weighted by Crippen LogP contribution is 2.27. The summed E-state index contributed by atoms with van der Waals surface area (Å²) in [6, 6.07) is 2.67. The first kappa shape index (κ1) is 14.7. The van der Waals surface area contributed by atoms with Gasteiger partial charge in [0.05, 0.1) is 5.69 Å². The van der Waals surface area contributed by atoms with Crippen LogP contribution in [0.1, 0.15) is 44.9 Å². The molecule has 0 radical (unpaired) electrons. The molecule has 0 aliphatic carbocycles. The molecule has 0 aliphatic rings. The number of nitrogens with zero attached hydrogens (tertiary/aromatic N) is 3. The van der Waals surface area contributed by atoms with Crippen LogP contribution in [0.2, 0.25) is 0 Å². The molecule has 0 bridgehead atoms. The molecule has 0 spiro atoms. The lowest BCUT2D eigenvalue weighted by atomic mass is 10.0. The fourth-order valence-corrected chi connectivity index (χ4v) is 2.21. The summed E-state index contributed by atoms with van der Waals surface area (Å²) in [5.74, 6) is 0.406. The van der Waals surface area contributed by atoms with Gasteiger partial charge in [0.15, 0.2) is 0 Å². The van der Waals surface area contributed by atoms with Crippen molar-refractivity contribution in [3.05, 3.63) is 35.9 Å². The summed E-state index contributed by atoms with van der Waals surface area (Å²) < 4.78 is 1.88. The third-order valence-corrected chi connectivity index (χ3v) is 3.22. The van der Waals surface area contributed by atoms with E-state index < -0.39 is 0 Å². The number of hydrogen-bond acceptors (Lipinski definition) is 3. The molecule has 0 unspecified atom stereocenters. The Hall–Kier alpha value is -1.68. The third-order valence-electron chi connectivity index (χ3n) is 3.22. The van der Waals surface area contributed by atoms with Crippen molar-refractivity contribution in [3.63, 3.8) is 0 Å². The van der Waals surface area contributed by atoms with Crippen molar-refractivity contribution in [2.75, 3.05) is 0 Å². The van der Waals surface area contributed by atoms with Gasteiger partial charge in [-0.3, -0.25) is 9.67 Å². The SMILES string of the molecule is CC(C)NCc1cncc(-c2cn(C)nc2C(C)C)c1. The maximum Gasteiger partial charge on any atom is 0.0728 e. The van der Waals surface area contributed by atoms with Gasteiger partial charge in [0.2, 0.25) is 0 Å². The molecule has 108 valence electrons. The normalized spacial score (nSPS) is 11.6. The summed E-state index contributed by atoms with van der Waals surface area (Å²) in [7, 11) is 1.97. The zero-order valence-corrected chi connectivity index (χ0v) is 13.0. The number of pyridine rings is 1. The molecule has 20 heavy (non-hydrogen) atoms. The van der Waals surface area contributed by atoms with Crippen LogP contribution < -0.4 is 5.32 Å². The van der Waals surface area contributed by atoms with Crippen LogP contribution in [0.4, 0.5) is 0 Å². The third kappa shape index (κ3) is 3.45. The Morgan fingerprint density at radius 3 is 2.60 bits per heavy atom. The number of hydrogen-bond donors (Lipinski definition) is 1. The van der Waals surface area contributed by atoms with Crippen LogP contribution in [-0.2, 0) is 13.6 Å². The van der Waals surface area contributed by atoms with Crippen molar-refractivity contribution in [3.8, 4) is 11.1 Å². The smallest absolute Gasteiger partial charge is 0.0728 e. The topological polar surface area (TPSA) is 42.7 Å². The van der Waals surface area contributed by atoms with Crippen molar-refractivity contribution in [1.82, 2.24) is 20.1 Å². The molecule has 0 aromatic carbocycles. The van der Waals surface area contributed by atoms with Gasteiger partial charge in [-0.05, 0) is 17.5 Å². The Bertz CT molecular complexity index is 570. The van der Waals surface area contributed by atoms with E-state index in [1.165, 1.54) is 11.1 Å². The lowest BCUT2D eigenvalue weighted by molar-refractivity contribution is 0.588. The summed E-state index contributed by atoms with van der Waals surface area (Å²) >= 11 is 0. The molecule has 2 aromatic rings. The Morgan fingerprint density at radius 1 is 1.20 bits per heavy atom. The van der Waals surface area contributed by atoms with Crippen LogP contribution >= 0.6 is 0 Å². The van der Waals surface area contributed by atoms with Crippen LogP contribution in [-0.4, -0.2) is 20.8 Å². The summed E-state index contributed by atoms with van der Waals surface area (Å²) in [6.07, 6.45) is 5.91. The van der Waals surface area contributed by atoms with Crippen molar-refractivity contribution in [1.29, 1.82) is 0 Å². The second-order valence-electron chi connectivity index (χ2n) is 5.87. The van der Waals surface area contributed by atoms with Crippen molar-refractivity contribution < 1.29 is 0 Å². The average Bonchev–Trinajstić information content (AvgIpc) is 2.79. The predicted molar refractivity (Wildman–Crippen MR) is 82.5 cm³/mol. The number of aryl methyl sites for hydroxylation is 1. The fourth-order valence-electron chi connectivity index (χ4n) is 2.21. The van der Waals surface area contributed by atoms with E-state index in [4.69, 9.17) is 0 Å². The van der Waals surface area contributed by atoms with E-state index in [-0.39, 0.29) is 0 Å². The molecule has 0 saturated carbocycles. The Kier molecular flexibility index (Phi) is 4.55. The first-order valence-corrected chi connectivity index (χ1v) is 7.18. The van der Waals surface area contributed by atoms with E-state index in [1.807, 2.05) is 24.1 Å². The summed E-state index contributed by atoms with van der Waals surface area (Å²) in [5, 5.41) is 7.99. The van der Waals surface area contributed by atoms with E-state index in [0.717, 1.165) is 17.8 Å². The van der Waals surface area contributed by atoms with Crippen LogP contribution in [0.3, 0.4) is 0 Å².